The third-order valence-electron chi connectivity index (χ3n) is 2.78. The minimum Gasteiger partial charge on any atom is -0.389 e. The second-order valence-corrected chi connectivity index (χ2v) is 6.08. The van der Waals surface area contributed by atoms with Gasteiger partial charge in [-0.3, -0.25) is 0 Å². The van der Waals surface area contributed by atoms with Crippen LogP contribution < -0.4 is 0 Å². The fourth-order valence-electron chi connectivity index (χ4n) is 1.66. The molecule has 0 aromatic heterocycles. The Kier molecular flexibility index (Phi) is 5.17. The maximum Gasteiger partial charge on any atom is 0.0762 e. The molecular weight excluding hydrogens is 299 g/mol. The summed E-state index contributed by atoms with van der Waals surface area (Å²) in [5.41, 5.74) is 1.91. The Labute approximate surface area is 127 Å². The minimum absolute atomic E-state index is 0.500. The van der Waals surface area contributed by atoms with Crippen molar-refractivity contribution in [1.82, 2.24) is 0 Å². The molecule has 0 amide bonds. The number of halogens is 2. The molecule has 1 N–H and O–H groups in total. The van der Waals surface area contributed by atoms with Gasteiger partial charge in [0.1, 0.15) is 0 Å². The van der Waals surface area contributed by atoms with E-state index in [9.17, 15) is 5.11 Å². The van der Waals surface area contributed by atoms with Gasteiger partial charge in [0.05, 0.1) is 11.1 Å². The highest BCUT2D eigenvalue weighted by atomic mass is 35.5. The fourth-order valence-corrected chi connectivity index (χ4v) is 3.22. The van der Waals surface area contributed by atoms with E-state index in [-0.39, 0.29) is 0 Å². The maximum atomic E-state index is 9.50. The van der Waals surface area contributed by atoms with E-state index in [2.05, 4.69) is 0 Å². The number of hydrogen-bond donors (Lipinski definition) is 1. The van der Waals surface area contributed by atoms with Crippen LogP contribution in [-0.4, -0.2) is 5.11 Å². The molecule has 1 atom stereocenters. The molecule has 0 heterocycles. The minimum atomic E-state index is -0.500. The van der Waals surface area contributed by atoms with E-state index in [0.717, 1.165) is 26.8 Å². The van der Waals surface area contributed by atoms with Gasteiger partial charge in [-0.1, -0.05) is 47.5 Å². The van der Waals surface area contributed by atoms with E-state index in [1.165, 1.54) is 0 Å². The third-order valence-corrected chi connectivity index (χ3v) is 4.70. The summed E-state index contributed by atoms with van der Waals surface area (Å²) in [4.78, 5) is 0.992. The summed E-state index contributed by atoms with van der Waals surface area (Å²) in [6, 6.07) is 13.4. The first-order valence-corrected chi connectivity index (χ1v) is 7.66. The summed E-state index contributed by atoms with van der Waals surface area (Å²) in [5.74, 6) is 0.771. The van der Waals surface area contributed by atoms with Gasteiger partial charge < -0.3 is 5.11 Å². The second-order valence-electron chi connectivity index (χ2n) is 4.25. The molecule has 0 aliphatic heterocycles. The molecule has 100 valence electrons. The normalized spacial score (nSPS) is 12.4. The van der Waals surface area contributed by atoms with Crippen molar-refractivity contribution in [3.8, 4) is 0 Å². The van der Waals surface area contributed by atoms with Gasteiger partial charge in [-0.2, -0.15) is 0 Å². The van der Waals surface area contributed by atoms with Crippen molar-refractivity contribution in [3.63, 3.8) is 0 Å². The van der Waals surface area contributed by atoms with E-state index >= 15 is 0 Å². The van der Waals surface area contributed by atoms with E-state index in [4.69, 9.17) is 23.2 Å². The molecule has 0 spiro atoms. The first kappa shape index (κ1) is 14.7. The summed E-state index contributed by atoms with van der Waals surface area (Å²) in [6.45, 7) is 1.72. The molecule has 2 aromatic carbocycles. The SMILES string of the molecule is C[C@@H](O)c1ccc(SCc2ccccc2Cl)c(Cl)c1. The zero-order valence-corrected chi connectivity index (χ0v) is 12.8. The van der Waals surface area contributed by atoms with Gasteiger partial charge in [0.25, 0.3) is 0 Å². The van der Waals surface area contributed by atoms with Crippen LogP contribution in [0.5, 0.6) is 0 Å². The lowest BCUT2D eigenvalue weighted by molar-refractivity contribution is 0.199. The first-order valence-electron chi connectivity index (χ1n) is 5.91. The fraction of sp³-hybridized carbons (Fsp3) is 0.200. The molecule has 0 saturated heterocycles. The van der Waals surface area contributed by atoms with Crippen LogP contribution in [0.2, 0.25) is 10.0 Å². The molecule has 0 aliphatic carbocycles. The summed E-state index contributed by atoms with van der Waals surface area (Å²) in [6.07, 6.45) is -0.500. The zero-order chi connectivity index (χ0) is 13.8. The average Bonchev–Trinajstić information content (AvgIpc) is 2.39. The predicted octanol–water partition coefficient (Wildman–Crippen LogP) is 5.34. The van der Waals surface area contributed by atoms with Crippen molar-refractivity contribution in [2.45, 2.75) is 23.7 Å². The van der Waals surface area contributed by atoms with Crippen molar-refractivity contribution in [1.29, 1.82) is 0 Å². The molecule has 0 aliphatic rings. The number of hydrogen-bond acceptors (Lipinski definition) is 2. The quantitative estimate of drug-likeness (QED) is 0.769. The molecule has 0 saturated carbocycles. The van der Waals surface area contributed by atoms with Crippen molar-refractivity contribution in [2.75, 3.05) is 0 Å². The average molecular weight is 313 g/mol. The maximum absolute atomic E-state index is 9.50. The van der Waals surface area contributed by atoms with Gasteiger partial charge in [-0.15, -0.1) is 11.8 Å². The lowest BCUT2D eigenvalue weighted by Crippen LogP contribution is -1.91. The van der Waals surface area contributed by atoms with Crippen LogP contribution in [0.15, 0.2) is 47.4 Å². The number of benzene rings is 2. The Morgan fingerprint density at radius 2 is 1.84 bits per heavy atom. The summed E-state index contributed by atoms with van der Waals surface area (Å²) in [7, 11) is 0. The lowest BCUT2D eigenvalue weighted by Gasteiger charge is -2.09. The second kappa shape index (κ2) is 6.67. The Bertz CT molecular complexity index is 570. The predicted molar refractivity (Wildman–Crippen MR) is 83.1 cm³/mol. The molecular formula is C15H14Cl2OS. The van der Waals surface area contributed by atoms with Crippen LogP contribution >= 0.6 is 35.0 Å². The van der Waals surface area contributed by atoms with Gasteiger partial charge in [-0.25, -0.2) is 0 Å². The standard InChI is InChI=1S/C15H14Cl2OS/c1-10(18)11-6-7-15(14(17)8-11)19-9-12-4-2-3-5-13(12)16/h2-8,10,18H,9H2,1H3/t10-/m1/s1. The van der Waals surface area contributed by atoms with Gasteiger partial charge in [-0.05, 0) is 36.2 Å². The van der Waals surface area contributed by atoms with E-state index in [1.54, 1.807) is 24.8 Å². The van der Waals surface area contributed by atoms with Gasteiger partial charge in [0.2, 0.25) is 0 Å². The highest BCUT2D eigenvalue weighted by molar-refractivity contribution is 7.98. The molecule has 19 heavy (non-hydrogen) atoms. The Hall–Kier alpha value is -0.670. The molecule has 0 bridgehead atoms. The first-order chi connectivity index (χ1) is 9.08. The smallest absolute Gasteiger partial charge is 0.0762 e. The number of thioether (sulfide) groups is 1. The molecule has 1 nitrogen and oxygen atoms in total. The van der Waals surface area contributed by atoms with E-state index in [1.807, 2.05) is 36.4 Å². The Morgan fingerprint density at radius 1 is 1.11 bits per heavy atom. The number of aliphatic hydroxyl groups excluding tert-OH is 1. The van der Waals surface area contributed by atoms with E-state index in [0.29, 0.717) is 5.02 Å². The molecule has 0 radical (unpaired) electrons. The topological polar surface area (TPSA) is 20.2 Å². The van der Waals surface area contributed by atoms with Gasteiger partial charge in [0.15, 0.2) is 0 Å². The largest absolute Gasteiger partial charge is 0.389 e. The lowest BCUT2D eigenvalue weighted by atomic mass is 10.1. The Balaban J connectivity index is 2.10. The van der Waals surface area contributed by atoms with Crippen molar-refractivity contribution in [3.05, 3.63) is 63.6 Å². The molecule has 2 rings (SSSR count). The number of aliphatic hydroxyl groups is 1. The third kappa shape index (κ3) is 3.90. The molecule has 2 aromatic rings. The Morgan fingerprint density at radius 3 is 2.47 bits per heavy atom. The number of rotatable bonds is 4. The van der Waals surface area contributed by atoms with Crippen LogP contribution in [0, 0.1) is 0 Å². The van der Waals surface area contributed by atoms with Crippen LogP contribution in [0.1, 0.15) is 24.2 Å². The van der Waals surface area contributed by atoms with Crippen LogP contribution in [-0.2, 0) is 5.75 Å². The van der Waals surface area contributed by atoms with E-state index < -0.39 is 6.10 Å². The summed E-state index contributed by atoms with van der Waals surface area (Å²) in [5, 5.41) is 10.9. The van der Waals surface area contributed by atoms with Crippen molar-refractivity contribution < 1.29 is 5.11 Å². The zero-order valence-electron chi connectivity index (χ0n) is 10.4. The molecule has 0 fully saturated rings. The highest BCUT2D eigenvalue weighted by Crippen LogP contribution is 2.33. The summed E-state index contributed by atoms with van der Waals surface area (Å²) >= 11 is 14.0. The summed E-state index contributed by atoms with van der Waals surface area (Å²) < 4.78 is 0. The van der Waals surface area contributed by atoms with Crippen molar-refractivity contribution >= 4 is 35.0 Å². The molecule has 0 unspecified atom stereocenters. The van der Waals surface area contributed by atoms with Gasteiger partial charge >= 0.3 is 0 Å². The highest BCUT2D eigenvalue weighted by Gasteiger charge is 2.07. The van der Waals surface area contributed by atoms with Gasteiger partial charge in [0, 0.05) is 15.7 Å². The van der Waals surface area contributed by atoms with Crippen molar-refractivity contribution in [2.24, 2.45) is 0 Å². The molecule has 4 heteroatoms. The van der Waals surface area contributed by atoms with Crippen LogP contribution in [0.4, 0.5) is 0 Å². The van der Waals surface area contributed by atoms with Crippen LogP contribution in [0.3, 0.4) is 0 Å². The monoisotopic (exact) mass is 312 g/mol. The van der Waals surface area contributed by atoms with Crippen LogP contribution in [0.25, 0.3) is 0 Å².